The number of aromatic nitrogens is 3. The predicted molar refractivity (Wildman–Crippen MR) is 118 cm³/mol. The zero-order chi connectivity index (χ0) is 22.1. The van der Waals surface area contributed by atoms with Gasteiger partial charge in [-0.1, -0.05) is 0 Å². The fourth-order valence-corrected chi connectivity index (χ4v) is 3.40. The van der Waals surface area contributed by atoms with Gasteiger partial charge >= 0.3 is 0 Å². The molecule has 2 heterocycles. The number of carbonyl (C=O) groups is 2. The van der Waals surface area contributed by atoms with Crippen LogP contribution in [0.1, 0.15) is 33.6 Å². The molecule has 1 aliphatic carbocycles. The van der Waals surface area contributed by atoms with Gasteiger partial charge in [-0.25, -0.2) is 9.07 Å². The molecule has 7 nitrogen and oxygen atoms in total. The highest BCUT2D eigenvalue weighted by atomic mass is 19.1. The smallest absolute Gasteiger partial charge is 0.261 e. The summed E-state index contributed by atoms with van der Waals surface area (Å²) in [6, 6.07) is 16.6. The van der Waals surface area contributed by atoms with E-state index in [0.717, 1.165) is 12.8 Å². The maximum absolute atomic E-state index is 13.4. The van der Waals surface area contributed by atoms with E-state index in [2.05, 4.69) is 15.7 Å². The molecule has 8 heteroatoms. The molecule has 0 bridgehead atoms. The summed E-state index contributed by atoms with van der Waals surface area (Å²) in [6.07, 6.45) is 7.14. The average Bonchev–Trinajstić information content (AvgIpc) is 3.26. The lowest BCUT2D eigenvalue weighted by Gasteiger charge is -2.11. The SMILES string of the molecule is O=C(NC1CC1)c1ccc(NC(=O)c2cnn(-c3ccc(F)cc3)c2-n2cccc2)cc1. The summed E-state index contributed by atoms with van der Waals surface area (Å²) in [7, 11) is 0. The number of carbonyl (C=O) groups excluding carboxylic acids is 2. The van der Waals surface area contributed by atoms with Gasteiger partial charge in [-0.15, -0.1) is 0 Å². The molecule has 1 fully saturated rings. The fraction of sp³-hybridized carbons (Fsp3) is 0.125. The zero-order valence-corrected chi connectivity index (χ0v) is 17.0. The van der Waals surface area contributed by atoms with Gasteiger partial charge in [0.05, 0.1) is 11.9 Å². The quantitative estimate of drug-likeness (QED) is 0.487. The van der Waals surface area contributed by atoms with Crippen molar-refractivity contribution in [1.29, 1.82) is 0 Å². The number of amides is 2. The van der Waals surface area contributed by atoms with Crippen LogP contribution in [0.25, 0.3) is 11.5 Å². The number of nitrogens with zero attached hydrogens (tertiary/aromatic N) is 3. The van der Waals surface area contributed by atoms with Crippen LogP contribution in [-0.2, 0) is 0 Å². The summed E-state index contributed by atoms with van der Waals surface area (Å²) in [5.41, 5.74) is 2.08. The van der Waals surface area contributed by atoms with E-state index in [-0.39, 0.29) is 23.7 Å². The van der Waals surface area contributed by atoms with Crippen molar-refractivity contribution in [2.45, 2.75) is 18.9 Å². The van der Waals surface area contributed by atoms with E-state index in [0.29, 0.717) is 28.3 Å². The first-order chi connectivity index (χ1) is 15.6. The van der Waals surface area contributed by atoms with E-state index in [1.165, 1.54) is 18.3 Å². The number of benzene rings is 2. The average molecular weight is 429 g/mol. The third-order valence-electron chi connectivity index (χ3n) is 5.23. The lowest BCUT2D eigenvalue weighted by Crippen LogP contribution is -2.25. The minimum atomic E-state index is -0.351. The Morgan fingerprint density at radius 2 is 1.62 bits per heavy atom. The number of hydrogen-bond acceptors (Lipinski definition) is 3. The molecule has 4 aromatic rings. The van der Waals surface area contributed by atoms with Gasteiger partial charge in [0.25, 0.3) is 11.8 Å². The Balaban J connectivity index is 1.41. The fourth-order valence-electron chi connectivity index (χ4n) is 3.40. The van der Waals surface area contributed by atoms with Crippen molar-refractivity contribution < 1.29 is 14.0 Å². The van der Waals surface area contributed by atoms with E-state index in [9.17, 15) is 14.0 Å². The second kappa shape index (κ2) is 8.14. The number of nitrogens with one attached hydrogen (secondary N) is 2. The van der Waals surface area contributed by atoms with Gasteiger partial charge < -0.3 is 15.2 Å². The van der Waals surface area contributed by atoms with Gasteiger partial charge in [-0.3, -0.25) is 9.59 Å². The van der Waals surface area contributed by atoms with Crippen molar-refractivity contribution in [3.8, 4) is 11.5 Å². The molecule has 0 radical (unpaired) electrons. The summed E-state index contributed by atoms with van der Waals surface area (Å²) < 4.78 is 16.7. The molecule has 0 saturated heterocycles. The number of anilines is 1. The standard InChI is InChI=1S/C24H20FN5O2/c25-17-5-11-20(12-6-17)30-24(29-13-1-2-14-29)21(15-26-30)23(32)28-18-7-3-16(4-8-18)22(31)27-19-9-10-19/h1-8,11-15,19H,9-10H2,(H,27,31)(H,28,32). The van der Waals surface area contributed by atoms with Crippen LogP contribution in [0.2, 0.25) is 0 Å². The van der Waals surface area contributed by atoms with Gasteiger partial charge in [0.2, 0.25) is 0 Å². The summed E-state index contributed by atoms with van der Waals surface area (Å²) in [5, 5.41) is 10.2. The van der Waals surface area contributed by atoms with Crippen molar-refractivity contribution in [3.05, 3.63) is 96.2 Å². The van der Waals surface area contributed by atoms with Crippen LogP contribution >= 0.6 is 0 Å². The lowest BCUT2D eigenvalue weighted by atomic mass is 10.2. The normalized spacial score (nSPS) is 13.0. The summed E-state index contributed by atoms with van der Waals surface area (Å²) in [6.45, 7) is 0. The molecule has 1 saturated carbocycles. The summed E-state index contributed by atoms with van der Waals surface area (Å²) >= 11 is 0. The highest BCUT2D eigenvalue weighted by Crippen LogP contribution is 2.22. The zero-order valence-electron chi connectivity index (χ0n) is 17.0. The molecule has 1 aliphatic rings. The Hall–Kier alpha value is -4.20. The molecular weight excluding hydrogens is 409 g/mol. The van der Waals surface area contributed by atoms with Crippen molar-refractivity contribution >= 4 is 17.5 Å². The van der Waals surface area contributed by atoms with Crippen LogP contribution in [0.15, 0.2) is 79.3 Å². The third-order valence-corrected chi connectivity index (χ3v) is 5.23. The van der Waals surface area contributed by atoms with Crippen LogP contribution in [0, 0.1) is 5.82 Å². The third kappa shape index (κ3) is 4.02. The number of halogens is 1. The molecule has 0 spiro atoms. The maximum atomic E-state index is 13.4. The van der Waals surface area contributed by atoms with Crippen molar-refractivity contribution in [2.24, 2.45) is 0 Å². The van der Waals surface area contributed by atoms with Crippen molar-refractivity contribution in [2.75, 3.05) is 5.32 Å². The van der Waals surface area contributed by atoms with E-state index in [1.807, 2.05) is 12.1 Å². The van der Waals surface area contributed by atoms with Gasteiger partial charge in [-0.2, -0.15) is 5.10 Å². The number of hydrogen-bond donors (Lipinski definition) is 2. The lowest BCUT2D eigenvalue weighted by molar-refractivity contribution is 0.0950. The highest BCUT2D eigenvalue weighted by Gasteiger charge is 2.24. The maximum Gasteiger partial charge on any atom is 0.261 e. The topological polar surface area (TPSA) is 81.0 Å². The Morgan fingerprint density at radius 1 is 0.938 bits per heavy atom. The number of rotatable bonds is 6. The van der Waals surface area contributed by atoms with Crippen molar-refractivity contribution in [3.63, 3.8) is 0 Å². The Labute approximate surface area is 183 Å². The largest absolute Gasteiger partial charge is 0.349 e. The van der Waals surface area contributed by atoms with E-state index < -0.39 is 0 Å². The molecule has 2 aromatic heterocycles. The first-order valence-corrected chi connectivity index (χ1v) is 10.3. The second-order valence-electron chi connectivity index (χ2n) is 7.64. The van der Waals surface area contributed by atoms with Crippen LogP contribution in [0.3, 0.4) is 0 Å². The second-order valence-corrected chi connectivity index (χ2v) is 7.64. The molecule has 5 rings (SSSR count). The van der Waals surface area contributed by atoms with E-state index in [1.54, 1.807) is 58.0 Å². The molecule has 2 aromatic carbocycles. The molecule has 32 heavy (non-hydrogen) atoms. The Morgan fingerprint density at radius 3 is 2.28 bits per heavy atom. The highest BCUT2D eigenvalue weighted by molar-refractivity contribution is 6.06. The van der Waals surface area contributed by atoms with Crippen LogP contribution in [-0.4, -0.2) is 32.2 Å². The van der Waals surface area contributed by atoms with Crippen LogP contribution in [0.5, 0.6) is 0 Å². The van der Waals surface area contributed by atoms with Gasteiger partial charge in [-0.05, 0) is 73.5 Å². The summed E-state index contributed by atoms with van der Waals surface area (Å²) in [5.74, 6) is -0.284. The van der Waals surface area contributed by atoms with Gasteiger partial charge in [0, 0.05) is 29.7 Å². The summed E-state index contributed by atoms with van der Waals surface area (Å²) in [4.78, 5) is 25.2. The van der Waals surface area contributed by atoms with E-state index in [4.69, 9.17) is 0 Å². The molecule has 0 aliphatic heterocycles. The molecular formula is C24H20FN5O2. The van der Waals surface area contributed by atoms with Crippen LogP contribution in [0.4, 0.5) is 10.1 Å². The first kappa shape index (κ1) is 19.7. The van der Waals surface area contributed by atoms with Gasteiger partial charge in [0.15, 0.2) is 5.82 Å². The van der Waals surface area contributed by atoms with Crippen LogP contribution < -0.4 is 10.6 Å². The minimum Gasteiger partial charge on any atom is -0.349 e. The molecule has 2 amide bonds. The molecule has 2 N–H and O–H groups in total. The molecule has 160 valence electrons. The van der Waals surface area contributed by atoms with Crippen molar-refractivity contribution in [1.82, 2.24) is 19.7 Å². The van der Waals surface area contributed by atoms with Gasteiger partial charge in [0.1, 0.15) is 11.4 Å². The first-order valence-electron chi connectivity index (χ1n) is 10.3. The predicted octanol–water partition coefficient (Wildman–Crippen LogP) is 3.95. The molecule has 0 atom stereocenters. The Kier molecular flexibility index (Phi) is 5.03. The minimum absolute atomic E-state index is 0.110. The monoisotopic (exact) mass is 429 g/mol. The molecule has 0 unspecified atom stereocenters. The van der Waals surface area contributed by atoms with E-state index >= 15 is 0 Å². The Bertz CT molecular complexity index is 1260.